The van der Waals surface area contributed by atoms with Gasteiger partial charge in [0.05, 0.1) is 6.04 Å². The molecule has 17 heavy (non-hydrogen) atoms. The Kier molecular flexibility index (Phi) is 4.82. The Bertz CT molecular complexity index is 443. The van der Waals surface area contributed by atoms with Crippen LogP contribution in [-0.4, -0.2) is 20.2 Å². The smallest absolute Gasteiger partial charge is 0.161 e. The van der Waals surface area contributed by atoms with Gasteiger partial charge >= 0.3 is 0 Å². The first-order chi connectivity index (χ1) is 8.16. The number of rotatable bonds is 2. The Hall–Kier alpha value is -1.71. The fourth-order valence-electron chi connectivity index (χ4n) is 1.26. The average molecular weight is 232 g/mol. The van der Waals surface area contributed by atoms with Crippen LogP contribution in [0.4, 0.5) is 0 Å². The molecule has 0 amide bonds. The van der Waals surface area contributed by atoms with E-state index in [9.17, 15) is 0 Å². The second-order valence-corrected chi connectivity index (χ2v) is 3.89. The average Bonchev–Trinajstić information content (AvgIpc) is 2.82. The lowest BCUT2D eigenvalue weighted by molar-refractivity contribution is 0.455. The largest absolute Gasteiger partial charge is 0.204 e. The Morgan fingerprint density at radius 3 is 2.12 bits per heavy atom. The van der Waals surface area contributed by atoms with Crippen molar-refractivity contribution in [1.82, 2.24) is 20.2 Å². The van der Waals surface area contributed by atoms with Gasteiger partial charge in [-0.3, -0.25) is 0 Å². The lowest BCUT2D eigenvalue weighted by atomic mass is 10.1. The molecule has 0 N–H and O–H groups in total. The first kappa shape index (κ1) is 13.4. The standard InChI is InChI=1S/C11H14N4.C2H6/c1-8(2)15-13-11(12-14-15)10-6-4-9(3)5-7-10;1-2/h4-8H,1-3H3;1-2H3. The van der Waals surface area contributed by atoms with E-state index < -0.39 is 0 Å². The Labute approximate surface area is 103 Å². The Balaban J connectivity index is 0.000000686. The first-order valence-electron chi connectivity index (χ1n) is 6.03. The molecule has 0 bridgehead atoms. The normalized spacial score (nSPS) is 10.0. The zero-order chi connectivity index (χ0) is 12.8. The topological polar surface area (TPSA) is 43.6 Å². The van der Waals surface area contributed by atoms with E-state index in [0.717, 1.165) is 5.56 Å². The molecule has 0 fully saturated rings. The second kappa shape index (κ2) is 6.13. The molecule has 0 radical (unpaired) electrons. The molecule has 2 rings (SSSR count). The lowest BCUT2D eigenvalue weighted by Crippen LogP contribution is -2.04. The van der Waals surface area contributed by atoms with Crippen LogP contribution >= 0.6 is 0 Å². The van der Waals surface area contributed by atoms with Crippen molar-refractivity contribution in [3.8, 4) is 11.4 Å². The van der Waals surface area contributed by atoms with Gasteiger partial charge in [-0.05, 0) is 26.0 Å². The number of hydrogen-bond donors (Lipinski definition) is 0. The summed E-state index contributed by atoms with van der Waals surface area (Å²) in [5.41, 5.74) is 2.24. The maximum absolute atomic E-state index is 4.30. The van der Waals surface area contributed by atoms with Gasteiger partial charge in [0.1, 0.15) is 0 Å². The molecule has 0 saturated heterocycles. The highest BCUT2D eigenvalue weighted by Crippen LogP contribution is 2.14. The highest BCUT2D eigenvalue weighted by molar-refractivity contribution is 5.53. The third kappa shape index (κ3) is 3.37. The molecule has 4 nitrogen and oxygen atoms in total. The van der Waals surface area contributed by atoms with Gasteiger partial charge in [0.2, 0.25) is 5.82 Å². The fraction of sp³-hybridized carbons (Fsp3) is 0.462. The van der Waals surface area contributed by atoms with Crippen LogP contribution in [0, 0.1) is 6.92 Å². The van der Waals surface area contributed by atoms with E-state index in [1.165, 1.54) is 5.56 Å². The summed E-state index contributed by atoms with van der Waals surface area (Å²) in [6.07, 6.45) is 0. The van der Waals surface area contributed by atoms with Crippen molar-refractivity contribution in [3.63, 3.8) is 0 Å². The van der Waals surface area contributed by atoms with Crippen LogP contribution in [0.3, 0.4) is 0 Å². The molecule has 1 heterocycles. The zero-order valence-corrected chi connectivity index (χ0v) is 11.2. The van der Waals surface area contributed by atoms with Crippen LogP contribution in [0.5, 0.6) is 0 Å². The van der Waals surface area contributed by atoms with Gasteiger partial charge < -0.3 is 0 Å². The van der Waals surface area contributed by atoms with Crippen molar-refractivity contribution in [1.29, 1.82) is 0 Å². The predicted octanol–water partition coefficient (Wildman–Crippen LogP) is 3.26. The van der Waals surface area contributed by atoms with E-state index in [-0.39, 0.29) is 6.04 Å². The SMILES string of the molecule is CC.Cc1ccc(-c2nnn(C(C)C)n2)cc1. The quantitative estimate of drug-likeness (QED) is 0.798. The minimum Gasteiger partial charge on any atom is -0.161 e. The maximum atomic E-state index is 4.30. The van der Waals surface area contributed by atoms with E-state index in [0.29, 0.717) is 5.82 Å². The molecule has 0 unspecified atom stereocenters. The zero-order valence-electron chi connectivity index (χ0n) is 11.2. The molecule has 0 saturated carbocycles. The summed E-state index contributed by atoms with van der Waals surface area (Å²) in [5.74, 6) is 0.684. The lowest BCUT2D eigenvalue weighted by Gasteiger charge is -1.99. The van der Waals surface area contributed by atoms with E-state index in [1.54, 1.807) is 4.80 Å². The third-order valence-electron chi connectivity index (χ3n) is 2.20. The minimum atomic E-state index is 0.247. The third-order valence-corrected chi connectivity index (χ3v) is 2.20. The van der Waals surface area contributed by atoms with Gasteiger partial charge in [-0.15, -0.1) is 10.2 Å². The molecule has 0 atom stereocenters. The Morgan fingerprint density at radius 2 is 1.65 bits per heavy atom. The van der Waals surface area contributed by atoms with Crippen molar-refractivity contribution >= 4 is 0 Å². The van der Waals surface area contributed by atoms with Gasteiger partial charge in [-0.1, -0.05) is 43.7 Å². The molecular formula is C13H20N4. The van der Waals surface area contributed by atoms with Crippen molar-refractivity contribution in [2.75, 3.05) is 0 Å². The molecular weight excluding hydrogens is 212 g/mol. The molecule has 4 heteroatoms. The predicted molar refractivity (Wildman–Crippen MR) is 69.7 cm³/mol. The molecule has 0 aliphatic heterocycles. The minimum absolute atomic E-state index is 0.247. The van der Waals surface area contributed by atoms with Crippen LogP contribution in [0.1, 0.15) is 39.3 Å². The number of tetrazole rings is 1. The summed E-state index contributed by atoms with van der Waals surface area (Å²) in [7, 11) is 0. The number of aromatic nitrogens is 4. The van der Waals surface area contributed by atoms with Crippen LogP contribution in [0.15, 0.2) is 24.3 Å². The van der Waals surface area contributed by atoms with Gasteiger partial charge in [0, 0.05) is 5.56 Å². The molecule has 0 aliphatic carbocycles. The van der Waals surface area contributed by atoms with Crippen LogP contribution in [0.25, 0.3) is 11.4 Å². The number of benzene rings is 1. The molecule has 92 valence electrons. The summed E-state index contributed by atoms with van der Waals surface area (Å²) in [6.45, 7) is 10.1. The number of aryl methyl sites for hydroxylation is 1. The Morgan fingerprint density at radius 1 is 1.06 bits per heavy atom. The molecule has 1 aromatic carbocycles. The molecule has 1 aromatic heterocycles. The summed E-state index contributed by atoms with van der Waals surface area (Å²) in [6, 6.07) is 8.36. The van der Waals surface area contributed by atoms with E-state index in [1.807, 2.05) is 52.0 Å². The summed E-state index contributed by atoms with van der Waals surface area (Å²) >= 11 is 0. The summed E-state index contributed by atoms with van der Waals surface area (Å²) in [4.78, 5) is 1.62. The van der Waals surface area contributed by atoms with Crippen LogP contribution in [-0.2, 0) is 0 Å². The van der Waals surface area contributed by atoms with Crippen LogP contribution in [0.2, 0.25) is 0 Å². The van der Waals surface area contributed by atoms with Crippen LogP contribution < -0.4 is 0 Å². The number of nitrogens with zero attached hydrogens (tertiary/aromatic N) is 4. The molecule has 0 spiro atoms. The van der Waals surface area contributed by atoms with Gasteiger partial charge in [-0.2, -0.15) is 4.80 Å². The highest BCUT2D eigenvalue weighted by atomic mass is 15.6. The maximum Gasteiger partial charge on any atom is 0.204 e. The fourth-order valence-corrected chi connectivity index (χ4v) is 1.26. The van der Waals surface area contributed by atoms with Crippen molar-refractivity contribution in [2.45, 2.75) is 40.7 Å². The second-order valence-electron chi connectivity index (χ2n) is 3.89. The van der Waals surface area contributed by atoms with Gasteiger partial charge in [0.25, 0.3) is 0 Å². The first-order valence-corrected chi connectivity index (χ1v) is 6.03. The highest BCUT2D eigenvalue weighted by Gasteiger charge is 2.06. The van der Waals surface area contributed by atoms with Crippen molar-refractivity contribution in [3.05, 3.63) is 29.8 Å². The molecule has 2 aromatic rings. The summed E-state index contributed by atoms with van der Waals surface area (Å²) < 4.78 is 0. The van der Waals surface area contributed by atoms with Gasteiger partial charge in [0.15, 0.2) is 0 Å². The van der Waals surface area contributed by atoms with Gasteiger partial charge in [-0.25, -0.2) is 0 Å². The van der Waals surface area contributed by atoms with E-state index >= 15 is 0 Å². The monoisotopic (exact) mass is 232 g/mol. The number of hydrogen-bond acceptors (Lipinski definition) is 3. The van der Waals surface area contributed by atoms with E-state index in [2.05, 4.69) is 22.3 Å². The van der Waals surface area contributed by atoms with Crippen molar-refractivity contribution < 1.29 is 0 Å². The summed E-state index contributed by atoms with van der Waals surface area (Å²) in [5, 5.41) is 12.3. The van der Waals surface area contributed by atoms with Crippen molar-refractivity contribution in [2.24, 2.45) is 0 Å². The molecule has 0 aliphatic rings. The van der Waals surface area contributed by atoms with E-state index in [4.69, 9.17) is 0 Å².